The summed E-state index contributed by atoms with van der Waals surface area (Å²) in [6, 6.07) is 12.9. The summed E-state index contributed by atoms with van der Waals surface area (Å²) < 4.78 is 5.25. The average molecular weight is 268 g/mol. The van der Waals surface area contributed by atoms with Crippen LogP contribution in [0.4, 0.5) is 11.4 Å². The highest BCUT2D eigenvalue weighted by Gasteiger charge is 2.05. The molecule has 4 heteroatoms. The topological polar surface area (TPSA) is 21.3 Å². The van der Waals surface area contributed by atoms with Crippen molar-refractivity contribution in [1.82, 2.24) is 0 Å². The van der Waals surface area contributed by atoms with E-state index in [1.54, 1.807) is 19.2 Å². The summed E-state index contributed by atoms with van der Waals surface area (Å²) in [5.74, 6) is 0.763. The largest absolute Gasteiger partial charge is 0.495 e. The Balaban J connectivity index is 2.31. The molecule has 2 aromatic carbocycles. The molecule has 0 heterocycles. The molecule has 17 heavy (non-hydrogen) atoms. The van der Waals surface area contributed by atoms with Crippen LogP contribution in [0.25, 0.3) is 0 Å². The fourth-order valence-corrected chi connectivity index (χ4v) is 1.94. The van der Waals surface area contributed by atoms with Crippen LogP contribution in [0, 0.1) is 0 Å². The zero-order valence-electron chi connectivity index (χ0n) is 9.21. The minimum Gasteiger partial charge on any atom is -0.495 e. The number of anilines is 2. The Bertz CT molecular complexity index is 529. The molecule has 0 aliphatic heterocycles. The highest BCUT2D eigenvalue weighted by Crippen LogP contribution is 2.32. The van der Waals surface area contributed by atoms with Gasteiger partial charge in [0, 0.05) is 5.02 Å². The van der Waals surface area contributed by atoms with Gasteiger partial charge in [0.1, 0.15) is 5.75 Å². The zero-order chi connectivity index (χ0) is 12.3. The molecule has 2 aromatic rings. The Kier molecular flexibility index (Phi) is 3.77. The molecule has 2 nitrogen and oxygen atoms in total. The Labute approximate surface area is 110 Å². The van der Waals surface area contributed by atoms with Crippen molar-refractivity contribution in [2.45, 2.75) is 0 Å². The first kappa shape index (κ1) is 12.1. The van der Waals surface area contributed by atoms with Gasteiger partial charge < -0.3 is 10.1 Å². The van der Waals surface area contributed by atoms with Crippen molar-refractivity contribution in [3.63, 3.8) is 0 Å². The summed E-state index contributed by atoms with van der Waals surface area (Å²) in [7, 11) is 1.63. The standard InChI is InChI=1S/C13H11Cl2NO/c1-17-13-5-3-2-4-12(13)16-11-7-6-9(14)8-10(11)15/h2-8,16H,1H3. The number of benzene rings is 2. The van der Waals surface area contributed by atoms with Gasteiger partial charge in [0.25, 0.3) is 0 Å². The molecule has 0 aliphatic carbocycles. The Morgan fingerprint density at radius 3 is 2.47 bits per heavy atom. The van der Waals surface area contributed by atoms with E-state index in [4.69, 9.17) is 27.9 Å². The van der Waals surface area contributed by atoms with E-state index < -0.39 is 0 Å². The lowest BCUT2D eigenvalue weighted by atomic mass is 10.2. The summed E-state index contributed by atoms with van der Waals surface area (Å²) in [6.45, 7) is 0. The molecule has 0 spiro atoms. The number of para-hydroxylation sites is 2. The van der Waals surface area contributed by atoms with Crippen LogP contribution in [-0.2, 0) is 0 Å². The lowest BCUT2D eigenvalue weighted by Crippen LogP contribution is -1.94. The fourth-order valence-electron chi connectivity index (χ4n) is 1.48. The van der Waals surface area contributed by atoms with Gasteiger partial charge in [-0.05, 0) is 30.3 Å². The van der Waals surface area contributed by atoms with Crippen LogP contribution in [-0.4, -0.2) is 7.11 Å². The number of methoxy groups -OCH3 is 1. The summed E-state index contributed by atoms with van der Waals surface area (Å²) in [5, 5.41) is 4.39. The second kappa shape index (κ2) is 5.30. The van der Waals surface area contributed by atoms with E-state index in [1.165, 1.54) is 0 Å². The van der Waals surface area contributed by atoms with Gasteiger partial charge in [-0.15, -0.1) is 0 Å². The van der Waals surface area contributed by atoms with Crippen LogP contribution in [0.2, 0.25) is 10.0 Å². The van der Waals surface area contributed by atoms with Crippen molar-refractivity contribution in [2.24, 2.45) is 0 Å². The SMILES string of the molecule is COc1ccccc1Nc1ccc(Cl)cc1Cl. The number of rotatable bonds is 3. The third-order valence-corrected chi connectivity index (χ3v) is 2.86. The van der Waals surface area contributed by atoms with Crippen LogP contribution in [0.5, 0.6) is 5.75 Å². The molecule has 0 aromatic heterocycles. The van der Waals surface area contributed by atoms with Crippen LogP contribution in [0.15, 0.2) is 42.5 Å². The molecule has 0 atom stereocenters. The van der Waals surface area contributed by atoms with Crippen molar-refractivity contribution < 1.29 is 4.74 Å². The first-order valence-corrected chi connectivity index (χ1v) is 5.81. The fraction of sp³-hybridized carbons (Fsp3) is 0.0769. The summed E-state index contributed by atoms with van der Waals surface area (Å²) >= 11 is 11.9. The van der Waals surface area contributed by atoms with Crippen molar-refractivity contribution >= 4 is 34.6 Å². The lowest BCUT2D eigenvalue weighted by Gasteiger charge is -2.12. The van der Waals surface area contributed by atoms with E-state index in [0.717, 1.165) is 17.1 Å². The summed E-state index contributed by atoms with van der Waals surface area (Å²) in [6.07, 6.45) is 0. The highest BCUT2D eigenvalue weighted by atomic mass is 35.5. The number of hydrogen-bond acceptors (Lipinski definition) is 2. The van der Waals surface area contributed by atoms with Crippen LogP contribution in [0.3, 0.4) is 0 Å². The van der Waals surface area contributed by atoms with Gasteiger partial charge in [-0.3, -0.25) is 0 Å². The molecule has 0 bridgehead atoms. The maximum Gasteiger partial charge on any atom is 0.142 e. The molecule has 0 aliphatic rings. The van der Waals surface area contributed by atoms with Crippen LogP contribution < -0.4 is 10.1 Å². The molecule has 0 unspecified atom stereocenters. The van der Waals surface area contributed by atoms with Gasteiger partial charge in [-0.25, -0.2) is 0 Å². The Morgan fingerprint density at radius 2 is 1.76 bits per heavy atom. The third kappa shape index (κ3) is 2.84. The van der Waals surface area contributed by atoms with Crippen molar-refractivity contribution in [2.75, 3.05) is 12.4 Å². The number of ether oxygens (including phenoxy) is 1. The smallest absolute Gasteiger partial charge is 0.142 e. The number of nitrogens with one attached hydrogen (secondary N) is 1. The number of halogens is 2. The Morgan fingerprint density at radius 1 is 1.00 bits per heavy atom. The van der Waals surface area contributed by atoms with E-state index in [9.17, 15) is 0 Å². The van der Waals surface area contributed by atoms with Gasteiger partial charge in [-0.1, -0.05) is 35.3 Å². The molecule has 1 N–H and O–H groups in total. The summed E-state index contributed by atoms with van der Waals surface area (Å²) in [5.41, 5.74) is 1.65. The lowest BCUT2D eigenvalue weighted by molar-refractivity contribution is 0.417. The highest BCUT2D eigenvalue weighted by molar-refractivity contribution is 6.36. The van der Waals surface area contributed by atoms with E-state index in [1.807, 2.05) is 30.3 Å². The predicted molar refractivity (Wildman–Crippen MR) is 72.7 cm³/mol. The molecule has 0 amide bonds. The van der Waals surface area contributed by atoms with Crippen molar-refractivity contribution in [3.8, 4) is 5.75 Å². The monoisotopic (exact) mass is 267 g/mol. The van der Waals surface area contributed by atoms with Crippen LogP contribution in [0.1, 0.15) is 0 Å². The third-order valence-electron chi connectivity index (χ3n) is 2.31. The number of hydrogen-bond donors (Lipinski definition) is 1. The first-order valence-electron chi connectivity index (χ1n) is 5.06. The van der Waals surface area contributed by atoms with Gasteiger partial charge in [0.05, 0.1) is 23.5 Å². The second-order valence-electron chi connectivity index (χ2n) is 3.45. The van der Waals surface area contributed by atoms with Gasteiger partial charge in [0.15, 0.2) is 0 Å². The molecule has 2 rings (SSSR count). The van der Waals surface area contributed by atoms with Crippen LogP contribution >= 0.6 is 23.2 Å². The maximum atomic E-state index is 6.09. The average Bonchev–Trinajstić information content (AvgIpc) is 2.33. The minimum absolute atomic E-state index is 0.573. The van der Waals surface area contributed by atoms with E-state index in [0.29, 0.717) is 10.0 Å². The van der Waals surface area contributed by atoms with E-state index in [-0.39, 0.29) is 0 Å². The minimum atomic E-state index is 0.573. The van der Waals surface area contributed by atoms with E-state index >= 15 is 0 Å². The van der Waals surface area contributed by atoms with Crippen molar-refractivity contribution in [3.05, 3.63) is 52.5 Å². The normalized spacial score (nSPS) is 10.1. The molecule has 0 saturated carbocycles. The molecular weight excluding hydrogens is 257 g/mol. The Hall–Kier alpha value is -1.38. The molecule has 88 valence electrons. The van der Waals surface area contributed by atoms with Gasteiger partial charge in [-0.2, -0.15) is 0 Å². The maximum absolute atomic E-state index is 6.09. The molecular formula is C13H11Cl2NO. The second-order valence-corrected chi connectivity index (χ2v) is 4.29. The van der Waals surface area contributed by atoms with Gasteiger partial charge >= 0.3 is 0 Å². The first-order chi connectivity index (χ1) is 8.20. The zero-order valence-corrected chi connectivity index (χ0v) is 10.7. The molecule has 0 fully saturated rings. The quantitative estimate of drug-likeness (QED) is 0.867. The van der Waals surface area contributed by atoms with E-state index in [2.05, 4.69) is 5.32 Å². The van der Waals surface area contributed by atoms with Gasteiger partial charge in [0.2, 0.25) is 0 Å². The summed E-state index contributed by atoms with van der Waals surface area (Å²) in [4.78, 5) is 0. The molecule has 0 radical (unpaired) electrons. The van der Waals surface area contributed by atoms with Crippen molar-refractivity contribution in [1.29, 1.82) is 0 Å². The molecule has 0 saturated heterocycles. The predicted octanol–water partition coefficient (Wildman–Crippen LogP) is 4.75.